The second kappa shape index (κ2) is 9.04. The van der Waals surface area contributed by atoms with E-state index in [1.165, 1.54) is 44.9 Å². The predicted molar refractivity (Wildman–Crippen MR) is 71.9 cm³/mol. The molecule has 0 fully saturated rings. The molecule has 0 unspecified atom stereocenters. The van der Waals surface area contributed by atoms with E-state index >= 15 is 0 Å². The van der Waals surface area contributed by atoms with Crippen LogP contribution >= 0.6 is 11.6 Å². The van der Waals surface area contributed by atoms with E-state index in [2.05, 4.69) is 20.8 Å². The standard InChI is InChI=1S/C14H27ClO/c1-4-5-6-7-8-9-10-11-14(2,3)12-13(15)16/h4-12H2,1-3H3. The normalized spacial score (nSPS) is 11.8. The monoisotopic (exact) mass is 246 g/mol. The molecule has 0 bridgehead atoms. The van der Waals surface area contributed by atoms with E-state index in [4.69, 9.17) is 11.6 Å². The molecule has 0 saturated heterocycles. The van der Waals surface area contributed by atoms with Gasteiger partial charge in [0.05, 0.1) is 0 Å². The molecule has 0 aliphatic carbocycles. The maximum atomic E-state index is 10.8. The van der Waals surface area contributed by atoms with E-state index in [1.54, 1.807) is 0 Å². The number of carbonyl (C=O) groups is 1. The van der Waals surface area contributed by atoms with Crippen molar-refractivity contribution < 1.29 is 4.79 Å². The molecule has 2 heteroatoms. The van der Waals surface area contributed by atoms with E-state index in [-0.39, 0.29) is 10.7 Å². The van der Waals surface area contributed by atoms with Crippen molar-refractivity contribution in [2.45, 2.75) is 78.6 Å². The zero-order valence-corrected chi connectivity index (χ0v) is 11.9. The second-order valence-electron chi connectivity index (χ2n) is 5.57. The predicted octanol–water partition coefficient (Wildman–Crippen LogP) is 5.31. The van der Waals surface area contributed by atoms with E-state index in [1.807, 2.05) is 0 Å². The van der Waals surface area contributed by atoms with Gasteiger partial charge in [0.15, 0.2) is 0 Å². The quantitative estimate of drug-likeness (QED) is 0.377. The highest BCUT2D eigenvalue weighted by Gasteiger charge is 2.20. The molecule has 1 nitrogen and oxygen atoms in total. The topological polar surface area (TPSA) is 17.1 Å². The fraction of sp³-hybridized carbons (Fsp3) is 0.929. The van der Waals surface area contributed by atoms with Gasteiger partial charge < -0.3 is 0 Å². The van der Waals surface area contributed by atoms with Gasteiger partial charge in [-0.2, -0.15) is 0 Å². The molecule has 0 saturated carbocycles. The molecule has 0 aromatic carbocycles. The summed E-state index contributed by atoms with van der Waals surface area (Å²) in [7, 11) is 0. The van der Waals surface area contributed by atoms with Crippen LogP contribution in [0, 0.1) is 5.41 Å². The average molecular weight is 247 g/mol. The number of carbonyl (C=O) groups excluding carboxylic acids is 1. The molecular formula is C14H27ClO. The maximum absolute atomic E-state index is 10.8. The first-order valence-corrected chi connectivity index (χ1v) is 7.04. The summed E-state index contributed by atoms with van der Waals surface area (Å²) in [6, 6.07) is 0. The van der Waals surface area contributed by atoms with Crippen molar-refractivity contribution in [2.24, 2.45) is 5.41 Å². The van der Waals surface area contributed by atoms with Gasteiger partial charge in [0.1, 0.15) is 0 Å². The Morgan fingerprint density at radius 1 is 1.00 bits per heavy atom. The summed E-state index contributed by atoms with van der Waals surface area (Å²) >= 11 is 5.42. The van der Waals surface area contributed by atoms with Crippen LogP contribution in [0.4, 0.5) is 0 Å². The summed E-state index contributed by atoms with van der Waals surface area (Å²) in [5.74, 6) is 0. The Kier molecular flexibility index (Phi) is 9.02. The SMILES string of the molecule is CCCCCCCCCC(C)(C)CC(=O)Cl. The Bertz CT molecular complexity index is 187. The van der Waals surface area contributed by atoms with Gasteiger partial charge in [0.2, 0.25) is 5.24 Å². The summed E-state index contributed by atoms with van der Waals surface area (Å²) in [6.07, 6.45) is 10.9. The zero-order chi connectivity index (χ0) is 12.4. The van der Waals surface area contributed by atoms with Gasteiger partial charge in [-0.15, -0.1) is 0 Å². The third-order valence-electron chi connectivity index (χ3n) is 3.07. The van der Waals surface area contributed by atoms with Crippen LogP contribution in [0.3, 0.4) is 0 Å². The molecule has 0 heterocycles. The van der Waals surface area contributed by atoms with Crippen molar-refractivity contribution in [2.75, 3.05) is 0 Å². The minimum absolute atomic E-state index is 0.0856. The van der Waals surface area contributed by atoms with Crippen LogP contribution < -0.4 is 0 Å². The molecule has 96 valence electrons. The molecule has 0 aromatic rings. The molecule has 0 aromatic heterocycles. The lowest BCUT2D eigenvalue weighted by Crippen LogP contribution is -2.14. The van der Waals surface area contributed by atoms with E-state index in [0.29, 0.717) is 6.42 Å². The first kappa shape index (κ1) is 16.0. The molecular weight excluding hydrogens is 220 g/mol. The minimum Gasteiger partial charge on any atom is -0.281 e. The van der Waals surface area contributed by atoms with Gasteiger partial charge in [0, 0.05) is 6.42 Å². The van der Waals surface area contributed by atoms with Crippen LogP contribution in [-0.2, 0) is 4.79 Å². The molecule has 0 spiro atoms. The Hall–Kier alpha value is -0.0400. The van der Waals surface area contributed by atoms with Crippen molar-refractivity contribution in [3.05, 3.63) is 0 Å². The highest BCUT2D eigenvalue weighted by Crippen LogP contribution is 2.28. The molecule has 0 aliphatic rings. The first-order chi connectivity index (χ1) is 7.48. The fourth-order valence-corrected chi connectivity index (χ4v) is 2.39. The summed E-state index contributed by atoms with van der Waals surface area (Å²) in [4.78, 5) is 10.8. The Balaban J connectivity index is 3.39. The van der Waals surface area contributed by atoms with Crippen LogP contribution in [0.1, 0.15) is 78.6 Å². The second-order valence-corrected chi connectivity index (χ2v) is 5.99. The number of halogens is 1. The van der Waals surface area contributed by atoms with Gasteiger partial charge in [-0.3, -0.25) is 4.79 Å². The smallest absolute Gasteiger partial charge is 0.222 e. The number of hydrogen-bond donors (Lipinski definition) is 0. The maximum Gasteiger partial charge on any atom is 0.222 e. The molecule has 0 N–H and O–H groups in total. The van der Waals surface area contributed by atoms with E-state index in [9.17, 15) is 4.79 Å². The average Bonchev–Trinajstić information content (AvgIpc) is 2.14. The lowest BCUT2D eigenvalue weighted by atomic mass is 9.84. The van der Waals surface area contributed by atoms with Crippen molar-refractivity contribution in [1.82, 2.24) is 0 Å². The third kappa shape index (κ3) is 10.5. The number of rotatable bonds is 10. The van der Waals surface area contributed by atoms with E-state index in [0.717, 1.165) is 6.42 Å². The summed E-state index contributed by atoms with van der Waals surface area (Å²) in [6.45, 7) is 6.50. The lowest BCUT2D eigenvalue weighted by molar-refractivity contribution is -0.113. The van der Waals surface area contributed by atoms with Crippen LogP contribution in [0.15, 0.2) is 0 Å². The number of unbranched alkanes of at least 4 members (excludes halogenated alkanes) is 6. The van der Waals surface area contributed by atoms with Crippen LogP contribution in [0.25, 0.3) is 0 Å². The zero-order valence-electron chi connectivity index (χ0n) is 11.2. The van der Waals surface area contributed by atoms with Crippen LogP contribution in [0.5, 0.6) is 0 Å². The lowest BCUT2D eigenvalue weighted by Gasteiger charge is -2.22. The fourth-order valence-electron chi connectivity index (χ4n) is 2.03. The molecule has 0 aliphatic heterocycles. The van der Waals surface area contributed by atoms with Gasteiger partial charge in [0.25, 0.3) is 0 Å². The molecule has 0 atom stereocenters. The molecule has 0 amide bonds. The highest BCUT2D eigenvalue weighted by molar-refractivity contribution is 6.63. The first-order valence-electron chi connectivity index (χ1n) is 6.66. The summed E-state index contributed by atoms with van der Waals surface area (Å²) < 4.78 is 0. The minimum atomic E-state index is -0.201. The van der Waals surface area contributed by atoms with Crippen molar-refractivity contribution in [3.8, 4) is 0 Å². The summed E-state index contributed by atoms with van der Waals surface area (Å²) in [5.41, 5.74) is 0.0856. The van der Waals surface area contributed by atoms with Crippen molar-refractivity contribution in [3.63, 3.8) is 0 Å². The molecule has 16 heavy (non-hydrogen) atoms. The molecule has 0 radical (unpaired) electrons. The Labute approximate surface area is 106 Å². The summed E-state index contributed by atoms with van der Waals surface area (Å²) in [5, 5.41) is -0.201. The van der Waals surface area contributed by atoms with Gasteiger partial charge >= 0.3 is 0 Å². The third-order valence-corrected chi connectivity index (χ3v) is 3.21. The number of hydrogen-bond acceptors (Lipinski definition) is 1. The Morgan fingerprint density at radius 3 is 2.00 bits per heavy atom. The highest BCUT2D eigenvalue weighted by atomic mass is 35.5. The van der Waals surface area contributed by atoms with Crippen molar-refractivity contribution >= 4 is 16.8 Å². The van der Waals surface area contributed by atoms with Gasteiger partial charge in [-0.25, -0.2) is 0 Å². The van der Waals surface area contributed by atoms with Crippen LogP contribution in [0.2, 0.25) is 0 Å². The largest absolute Gasteiger partial charge is 0.281 e. The van der Waals surface area contributed by atoms with Crippen molar-refractivity contribution in [1.29, 1.82) is 0 Å². The van der Waals surface area contributed by atoms with Crippen LogP contribution in [-0.4, -0.2) is 5.24 Å². The molecule has 0 rings (SSSR count). The van der Waals surface area contributed by atoms with Gasteiger partial charge in [-0.05, 0) is 23.4 Å². The van der Waals surface area contributed by atoms with Gasteiger partial charge in [-0.1, -0.05) is 65.7 Å². The Morgan fingerprint density at radius 2 is 1.50 bits per heavy atom. The van der Waals surface area contributed by atoms with E-state index < -0.39 is 0 Å².